The number of piperidine rings is 1. The number of hydrogen-bond acceptors (Lipinski definition) is 7. The van der Waals surface area contributed by atoms with Crippen molar-refractivity contribution in [3.8, 4) is 16.3 Å². The molecule has 1 aliphatic carbocycles. The van der Waals surface area contributed by atoms with Crippen molar-refractivity contribution in [3.05, 3.63) is 65.3 Å². The van der Waals surface area contributed by atoms with E-state index in [0.717, 1.165) is 47.6 Å². The van der Waals surface area contributed by atoms with Gasteiger partial charge in [0.2, 0.25) is 0 Å². The summed E-state index contributed by atoms with van der Waals surface area (Å²) in [6.45, 7) is 0.930. The number of nitrogens with one attached hydrogen (secondary N) is 1. The first-order valence-corrected chi connectivity index (χ1v) is 13.2. The molecular weight excluding hydrogens is 476 g/mol. The van der Waals surface area contributed by atoms with Crippen LogP contribution >= 0.6 is 11.3 Å². The molecule has 36 heavy (non-hydrogen) atoms. The fourth-order valence-electron chi connectivity index (χ4n) is 4.65. The van der Waals surface area contributed by atoms with Crippen molar-refractivity contribution < 1.29 is 18.8 Å². The summed E-state index contributed by atoms with van der Waals surface area (Å²) in [5.74, 6) is 0.529. The van der Waals surface area contributed by atoms with Gasteiger partial charge in [-0.05, 0) is 55.0 Å². The molecule has 8 nitrogen and oxygen atoms in total. The predicted molar refractivity (Wildman–Crippen MR) is 136 cm³/mol. The minimum atomic E-state index is -0.623. The summed E-state index contributed by atoms with van der Waals surface area (Å²) in [7, 11) is 0. The van der Waals surface area contributed by atoms with Crippen LogP contribution in [0.3, 0.4) is 0 Å². The minimum Gasteiger partial charge on any atom is -0.387 e. The molecule has 0 spiro atoms. The summed E-state index contributed by atoms with van der Waals surface area (Å²) < 4.78 is 10.6. The third-order valence-corrected chi connectivity index (χ3v) is 7.98. The van der Waals surface area contributed by atoms with Crippen molar-refractivity contribution in [2.75, 3.05) is 13.1 Å². The summed E-state index contributed by atoms with van der Waals surface area (Å²) in [6.07, 6.45) is 4.37. The minimum absolute atomic E-state index is 0.0700. The van der Waals surface area contributed by atoms with Gasteiger partial charge in [-0.1, -0.05) is 42.5 Å². The van der Waals surface area contributed by atoms with Crippen LogP contribution in [0.1, 0.15) is 53.5 Å². The van der Waals surface area contributed by atoms with Gasteiger partial charge in [-0.3, -0.25) is 4.79 Å². The van der Waals surface area contributed by atoms with E-state index in [9.17, 15) is 9.59 Å². The molecular formula is C27H26N4O4S. The van der Waals surface area contributed by atoms with Gasteiger partial charge in [0.05, 0.1) is 15.3 Å². The third kappa shape index (κ3) is 4.58. The fraction of sp³-hybridized carbons (Fsp3) is 0.333. The molecule has 4 aromatic rings. The average Bonchev–Trinajstić information content (AvgIpc) is 3.55. The smallest absolute Gasteiger partial charge is 0.387 e. The number of aromatic nitrogens is 2. The highest BCUT2D eigenvalue weighted by Gasteiger charge is 2.34. The fourth-order valence-corrected chi connectivity index (χ4v) is 5.88. The summed E-state index contributed by atoms with van der Waals surface area (Å²) in [4.78, 5) is 34.0. The average molecular weight is 503 g/mol. The van der Waals surface area contributed by atoms with Crippen molar-refractivity contribution >= 4 is 34.3 Å². The van der Waals surface area contributed by atoms with Crippen molar-refractivity contribution in [1.82, 2.24) is 20.4 Å². The lowest BCUT2D eigenvalue weighted by molar-refractivity contribution is 0.0607. The molecule has 2 fully saturated rings. The number of thiazole rings is 1. The highest BCUT2D eigenvalue weighted by Crippen LogP contribution is 2.45. The summed E-state index contributed by atoms with van der Waals surface area (Å²) >= 11 is 1.63. The topological polar surface area (TPSA) is 97.6 Å². The predicted octanol–water partition coefficient (Wildman–Crippen LogP) is 5.61. The number of ether oxygens (including phenoxy) is 1. The Morgan fingerprint density at radius 2 is 1.86 bits per heavy atom. The summed E-state index contributed by atoms with van der Waals surface area (Å²) in [5.41, 5.74) is 2.09. The number of amides is 2. The molecule has 1 saturated heterocycles. The lowest BCUT2D eigenvalue weighted by atomic mass is 10.0. The highest BCUT2D eigenvalue weighted by atomic mass is 32.1. The van der Waals surface area contributed by atoms with E-state index in [1.54, 1.807) is 23.5 Å². The molecule has 1 saturated carbocycles. The zero-order chi connectivity index (χ0) is 24.5. The Morgan fingerprint density at radius 3 is 2.69 bits per heavy atom. The molecule has 3 heterocycles. The first kappa shape index (κ1) is 22.7. The molecule has 2 aromatic carbocycles. The van der Waals surface area contributed by atoms with Crippen molar-refractivity contribution in [3.63, 3.8) is 0 Å². The van der Waals surface area contributed by atoms with E-state index in [-0.39, 0.29) is 17.8 Å². The van der Waals surface area contributed by atoms with Gasteiger partial charge in [0, 0.05) is 25.0 Å². The second kappa shape index (κ2) is 9.73. The largest absolute Gasteiger partial charge is 0.414 e. The number of benzene rings is 2. The maximum Gasteiger partial charge on any atom is 0.414 e. The van der Waals surface area contributed by atoms with E-state index >= 15 is 0 Å². The zero-order valence-electron chi connectivity index (χ0n) is 19.7. The zero-order valence-corrected chi connectivity index (χ0v) is 20.5. The Bertz CT molecular complexity index is 1400. The number of rotatable bonds is 6. The van der Waals surface area contributed by atoms with E-state index in [0.29, 0.717) is 35.7 Å². The molecule has 184 valence electrons. The molecule has 1 aliphatic heterocycles. The quantitative estimate of drug-likeness (QED) is 0.368. The van der Waals surface area contributed by atoms with Gasteiger partial charge >= 0.3 is 6.09 Å². The number of nitrogens with zero attached hydrogens (tertiary/aromatic N) is 3. The SMILES string of the molecule is O=C(NC[C@@H]1CCCCN1C(=O)c1nc(C2CC2)sc1-c1ccccc1)Oc1noc2ccccc12. The van der Waals surface area contributed by atoms with Gasteiger partial charge in [-0.25, -0.2) is 9.78 Å². The normalized spacial score (nSPS) is 17.8. The molecule has 1 atom stereocenters. The Labute approximate surface area is 212 Å². The highest BCUT2D eigenvalue weighted by molar-refractivity contribution is 7.15. The second-order valence-corrected chi connectivity index (χ2v) is 10.3. The van der Waals surface area contributed by atoms with Crippen molar-refractivity contribution in [1.29, 1.82) is 0 Å². The third-order valence-electron chi connectivity index (χ3n) is 6.71. The van der Waals surface area contributed by atoms with Crippen molar-refractivity contribution in [2.45, 2.75) is 44.1 Å². The number of para-hydroxylation sites is 1. The molecule has 2 aromatic heterocycles. The maximum absolute atomic E-state index is 13.8. The number of hydrogen-bond donors (Lipinski definition) is 1. The molecule has 2 aliphatic rings. The van der Waals surface area contributed by atoms with Crippen LogP contribution in [0.25, 0.3) is 21.4 Å². The standard InChI is InChI=1S/C27H26N4O4S/c32-26(22-23(17-8-2-1-3-9-17)36-25(29-22)18-13-14-18)31-15-7-6-10-19(31)16-28-27(33)34-24-20-11-4-5-12-21(20)35-30-24/h1-5,8-9,11-12,18-19H,6-7,10,13-16H2,(H,28,33)/t19-/m0/s1. The van der Waals surface area contributed by atoms with Crippen LogP contribution in [0.2, 0.25) is 0 Å². The Balaban J connectivity index is 1.18. The molecule has 0 unspecified atom stereocenters. The van der Waals surface area contributed by atoms with Gasteiger partial charge in [-0.15, -0.1) is 11.3 Å². The van der Waals surface area contributed by atoms with Gasteiger partial charge in [0.1, 0.15) is 5.69 Å². The van der Waals surface area contributed by atoms with Crippen LogP contribution in [0.5, 0.6) is 5.88 Å². The molecule has 1 N–H and O–H groups in total. The first-order valence-electron chi connectivity index (χ1n) is 12.3. The lowest BCUT2D eigenvalue weighted by Crippen LogP contribution is -2.50. The van der Waals surface area contributed by atoms with Crippen LogP contribution in [0.4, 0.5) is 4.79 Å². The molecule has 0 radical (unpaired) electrons. The van der Waals surface area contributed by atoms with Crippen LogP contribution in [-0.4, -0.2) is 46.2 Å². The Kier molecular flexibility index (Phi) is 6.14. The van der Waals surface area contributed by atoms with Gasteiger partial charge < -0.3 is 19.5 Å². The number of likely N-dealkylation sites (tertiary alicyclic amines) is 1. The first-order chi connectivity index (χ1) is 17.7. The lowest BCUT2D eigenvalue weighted by Gasteiger charge is -2.35. The second-order valence-electron chi connectivity index (χ2n) is 9.27. The Morgan fingerprint density at radius 1 is 1.06 bits per heavy atom. The van der Waals surface area contributed by atoms with E-state index in [1.165, 1.54) is 0 Å². The van der Waals surface area contributed by atoms with Crippen LogP contribution in [-0.2, 0) is 0 Å². The van der Waals surface area contributed by atoms with E-state index in [2.05, 4.69) is 10.5 Å². The maximum atomic E-state index is 13.8. The molecule has 2 amide bonds. The molecule has 0 bridgehead atoms. The Hall–Kier alpha value is -3.72. The molecule has 9 heteroatoms. The van der Waals surface area contributed by atoms with Crippen LogP contribution < -0.4 is 10.1 Å². The van der Waals surface area contributed by atoms with Crippen molar-refractivity contribution in [2.24, 2.45) is 0 Å². The number of carbonyl (C=O) groups excluding carboxylic acids is 2. The van der Waals surface area contributed by atoms with Gasteiger partial charge in [0.25, 0.3) is 11.8 Å². The van der Waals surface area contributed by atoms with Crippen LogP contribution in [0.15, 0.2) is 59.1 Å². The number of fused-ring (bicyclic) bond motifs is 1. The summed E-state index contributed by atoms with van der Waals surface area (Å²) in [6, 6.07) is 17.1. The monoisotopic (exact) mass is 502 g/mol. The van der Waals surface area contributed by atoms with E-state index in [4.69, 9.17) is 14.2 Å². The number of carbonyl (C=O) groups is 2. The van der Waals surface area contributed by atoms with E-state index in [1.807, 2.05) is 47.4 Å². The summed E-state index contributed by atoms with van der Waals surface area (Å²) in [5, 5.41) is 8.34. The van der Waals surface area contributed by atoms with Crippen LogP contribution in [0, 0.1) is 0 Å². The molecule has 6 rings (SSSR count). The van der Waals surface area contributed by atoms with Gasteiger partial charge in [-0.2, -0.15) is 0 Å². The van der Waals surface area contributed by atoms with Gasteiger partial charge in [0.15, 0.2) is 5.58 Å². The van der Waals surface area contributed by atoms with E-state index < -0.39 is 6.09 Å².